The number of hydrogen-bond donors (Lipinski definition) is 0. The number of ketones is 1. The van der Waals surface area contributed by atoms with Gasteiger partial charge in [0, 0.05) is 17.0 Å². The predicted octanol–water partition coefficient (Wildman–Crippen LogP) is 12.2. The molecular formula is C49H30O2S. The molecule has 52 heavy (non-hydrogen) atoms. The maximum absolute atomic E-state index is 14.4. The van der Waals surface area contributed by atoms with Crippen molar-refractivity contribution in [3.63, 3.8) is 0 Å². The van der Waals surface area contributed by atoms with Crippen LogP contribution in [-0.2, 0) is 17.2 Å². The summed E-state index contributed by atoms with van der Waals surface area (Å²) in [6, 6.07) is 52.8. The van der Waals surface area contributed by atoms with E-state index in [-0.39, 0.29) is 11.7 Å². The number of carbonyl (C=O) groups is 1. The highest BCUT2D eigenvalue weighted by Gasteiger charge is 2.31. The molecule has 0 amide bonds. The topological polar surface area (TPSA) is 34.1 Å². The minimum Gasteiger partial charge on any atom is -0.289 e. The Bertz CT molecular complexity index is 3060. The fourth-order valence-corrected chi connectivity index (χ4v) is 10.2. The smallest absolute Gasteiger partial charge is 0.195 e. The molecule has 2 nitrogen and oxygen atoms in total. The first-order valence-electron chi connectivity index (χ1n) is 17.8. The second-order valence-corrected chi connectivity index (χ2v) is 15.5. The zero-order chi connectivity index (χ0) is 34.5. The number of rotatable bonds is 2. The summed E-state index contributed by atoms with van der Waals surface area (Å²) in [4.78, 5) is 15.5. The Morgan fingerprint density at radius 1 is 0.462 bits per heavy atom. The van der Waals surface area contributed by atoms with Gasteiger partial charge >= 0.3 is 0 Å². The van der Waals surface area contributed by atoms with Crippen LogP contribution in [0.3, 0.4) is 0 Å². The molecule has 1 aliphatic carbocycles. The van der Waals surface area contributed by atoms with Crippen LogP contribution < -0.4 is 0 Å². The van der Waals surface area contributed by atoms with Crippen molar-refractivity contribution in [1.29, 1.82) is 0 Å². The van der Waals surface area contributed by atoms with Crippen LogP contribution in [0.4, 0.5) is 0 Å². The average molecular weight is 683 g/mol. The molecule has 11 rings (SSSR count). The van der Waals surface area contributed by atoms with Gasteiger partial charge in [-0.15, -0.1) is 0 Å². The molecule has 1 heterocycles. The largest absolute Gasteiger partial charge is 0.289 e. The van der Waals surface area contributed by atoms with Crippen molar-refractivity contribution < 1.29 is 9.00 Å². The monoisotopic (exact) mass is 682 g/mol. The molecule has 2 atom stereocenters. The molecule has 2 unspecified atom stereocenters. The Kier molecular flexibility index (Phi) is 6.35. The lowest BCUT2D eigenvalue weighted by Crippen LogP contribution is -2.17. The Labute approximate surface area is 303 Å². The minimum absolute atomic E-state index is 0.0674. The summed E-state index contributed by atoms with van der Waals surface area (Å²) in [6.07, 6.45) is 5.36. The van der Waals surface area contributed by atoms with Gasteiger partial charge in [-0.05, 0) is 118 Å². The van der Waals surface area contributed by atoms with Gasteiger partial charge < -0.3 is 0 Å². The standard InChI is InChI=1S/C49H30O2S/c50-49-45-27-31(29-17-21-41-37-13-3-1-9-33(37)35-11-5-7-15-39(35)43(41)25-29)19-23-47(45)52(51)48-24-20-32(28-46(48)49)30-18-22-42-38-14-4-2-10-34(38)36-12-6-8-16-40(36)44(42)26-30/h1-25,27-28,30H,26H2. The number of carbonyl (C=O) groups excluding carboxylic acids is 1. The third-order valence-corrected chi connectivity index (χ3v) is 12.9. The fourth-order valence-electron chi connectivity index (χ4n) is 8.90. The van der Waals surface area contributed by atoms with E-state index in [1.54, 1.807) is 0 Å². The first kappa shape index (κ1) is 29.6. The van der Waals surface area contributed by atoms with Crippen LogP contribution in [0, 0.1) is 0 Å². The van der Waals surface area contributed by atoms with E-state index in [2.05, 4.69) is 133 Å². The molecule has 0 bridgehead atoms. The molecule has 244 valence electrons. The molecule has 0 saturated carbocycles. The fraction of sp³-hybridized carbons (Fsp3) is 0.0408. The Morgan fingerprint density at radius 2 is 0.942 bits per heavy atom. The third kappa shape index (κ3) is 4.23. The molecule has 2 aliphatic rings. The van der Waals surface area contributed by atoms with Crippen molar-refractivity contribution in [2.45, 2.75) is 22.1 Å². The molecule has 0 aromatic heterocycles. The summed E-state index contributed by atoms with van der Waals surface area (Å²) in [5, 5.41) is 12.4. The van der Waals surface area contributed by atoms with E-state index >= 15 is 0 Å². The number of benzene rings is 9. The van der Waals surface area contributed by atoms with Crippen molar-refractivity contribution in [2.75, 3.05) is 0 Å². The predicted molar refractivity (Wildman–Crippen MR) is 216 cm³/mol. The quantitative estimate of drug-likeness (QED) is 0.170. The molecule has 0 saturated heterocycles. The second kappa shape index (κ2) is 11.2. The van der Waals surface area contributed by atoms with Crippen LogP contribution in [0.25, 0.3) is 71.1 Å². The minimum atomic E-state index is -1.45. The van der Waals surface area contributed by atoms with Crippen molar-refractivity contribution in [1.82, 2.24) is 0 Å². The van der Waals surface area contributed by atoms with Gasteiger partial charge in [0.05, 0.1) is 20.6 Å². The normalized spacial score (nSPS) is 16.4. The van der Waals surface area contributed by atoms with E-state index in [0.29, 0.717) is 20.9 Å². The van der Waals surface area contributed by atoms with Crippen molar-refractivity contribution >= 4 is 76.5 Å². The summed E-state index contributed by atoms with van der Waals surface area (Å²) in [7, 11) is -1.45. The van der Waals surface area contributed by atoms with E-state index in [1.165, 1.54) is 65.0 Å². The van der Waals surface area contributed by atoms with Gasteiger partial charge in [-0.25, -0.2) is 4.21 Å². The van der Waals surface area contributed by atoms with Crippen LogP contribution in [0.5, 0.6) is 0 Å². The first-order chi connectivity index (χ1) is 25.6. The SMILES string of the molecule is O=C1c2cc(-c3ccc4c5ccccc5c5ccccc5c4c3)ccc2S(=O)c2ccc(C3C=Cc4c(c5ccccc5c5ccccc45)C3)cc21. The lowest BCUT2D eigenvalue weighted by molar-refractivity contribution is 0.103. The zero-order valence-electron chi connectivity index (χ0n) is 28.1. The summed E-state index contributed by atoms with van der Waals surface area (Å²) in [5.74, 6) is 0.0296. The number of fused-ring (bicyclic) bond motifs is 14. The molecular weight excluding hydrogens is 653 g/mol. The van der Waals surface area contributed by atoms with Gasteiger partial charge in [-0.2, -0.15) is 0 Å². The lowest BCUT2D eigenvalue weighted by Gasteiger charge is -2.25. The van der Waals surface area contributed by atoms with Gasteiger partial charge in [-0.1, -0.05) is 133 Å². The second-order valence-electron chi connectivity index (χ2n) is 14.1. The molecule has 3 heteroatoms. The number of hydrogen-bond acceptors (Lipinski definition) is 2. The van der Waals surface area contributed by atoms with E-state index in [1.807, 2.05) is 30.3 Å². The third-order valence-electron chi connectivity index (χ3n) is 11.4. The Morgan fingerprint density at radius 3 is 1.62 bits per heavy atom. The van der Waals surface area contributed by atoms with Gasteiger partial charge in [0.1, 0.15) is 0 Å². The van der Waals surface area contributed by atoms with Crippen LogP contribution in [-0.4, -0.2) is 9.99 Å². The van der Waals surface area contributed by atoms with Crippen LogP contribution in [0.1, 0.15) is 38.5 Å². The highest BCUT2D eigenvalue weighted by atomic mass is 32.2. The highest BCUT2D eigenvalue weighted by molar-refractivity contribution is 7.85. The van der Waals surface area contributed by atoms with E-state index in [4.69, 9.17) is 0 Å². The van der Waals surface area contributed by atoms with Crippen molar-refractivity contribution in [3.8, 4) is 11.1 Å². The molecule has 0 N–H and O–H groups in total. The highest BCUT2D eigenvalue weighted by Crippen LogP contribution is 2.43. The average Bonchev–Trinajstić information content (AvgIpc) is 3.22. The van der Waals surface area contributed by atoms with Gasteiger partial charge in [0.2, 0.25) is 0 Å². The molecule has 1 aliphatic heterocycles. The van der Waals surface area contributed by atoms with E-state index in [0.717, 1.165) is 23.1 Å². The van der Waals surface area contributed by atoms with Crippen LogP contribution in [0.15, 0.2) is 168 Å². The Balaban J connectivity index is 0.992. The maximum atomic E-state index is 14.4. The summed E-state index contributed by atoms with van der Waals surface area (Å²) in [6.45, 7) is 0. The molecule has 9 aromatic carbocycles. The first-order valence-corrected chi connectivity index (χ1v) is 19.0. The zero-order valence-corrected chi connectivity index (χ0v) is 28.9. The van der Waals surface area contributed by atoms with Crippen molar-refractivity contribution in [3.05, 3.63) is 186 Å². The van der Waals surface area contributed by atoms with Gasteiger partial charge in [0.15, 0.2) is 5.78 Å². The molecule has 0 spiro atoms. The summed E-state index contributed by atoms with van der Waals surface area (Å²) >= 11 is 0. The van der Waals surface area contributed by atoms with Crippen molar-refractivity contribution in [2.24, 2.45) is 0 Å². The lowest BCUT2D eigenvalue weighted by atomic mass is 9.80. The maximum Gasteiger partial charge on any atom is 0.195 e. The molecule has 9 aromatic rings. The van der Waals surface area contributed by atoms with Crippen LogP contribution >= 0.6 is 0 Å². The summed E-state index contributed by atoms with van der Waals surface area (Å²) < 4.78 is 14.0. The van der Waals surface area contributed by atoms with Gasteiger partial charge in [0.25, 0.3) is 0 Å². The molecule has 0 radical (unpaired) electrons. The number of allylic oxidation sites excluding steroid dienone is 1. The molecule has 0 fully saturated rings. The Hall–Kier alpha value is -6.16. The summed E-state index contributed by atoms with van der Waals surface area (Å²) in [5.41, 5.74) is 6.70. The van der Waals surface area contributed by atoms with Crippen LogP contribution in [0.2, 0.25) is 0 Å². The van der Waals surface area contributed by atoms with E-state index < -0.39 is 10.8 Å². The van der Waals surface area contributed by atoms with E-state index in [9.17, 15) is 9.00 Å². The van der Waals surface area contributed by atoms with Gasteiger partial charge in [-0.3, -0.25) is 4.79 Å².